The summed E-state index contributed by atoms with van der Waals surface area (Å²) in [5.74, 6) is 0.141. The van der Waals surface area contributed by atoms with Crippen molar-refractivity contribution in [3.8, 4) is 0 Å². The van der Waals surface area contributed by atoms with E-state index >= 15 is 0 Å². The number of piperidine rings is 1. The molecule has 25 heavy (non-hydrogen) atoms. The van der Waals surface area contributed by atoms with Crippen LogP contribution in [0.3, 0.4) is 0 Å². The fourth-order valence-electron chi connectivity index (χ4n) is 3.70. The third-order valence-corrected chi connectivity index (χ3v) is 5.16. The molecule has 1 aliphatic rings. The van der Waals surface area contributed by atoms with Gasteiger partial charge in [-0.2, -0.15) is 0 Å². The number of carbonyl (C=O) groups is 1. The number of nitrogens with zero attached hydrogens (tertiary/aromatic N) is 2. The van der Waals surface area contributed by atoms with Gasteiger partial charge in [0.15, 0.2) is 5.58 Å². The molecule has 1 fully saturated rings. The SMILES string of the molecule is O=C(O)C1(c2ccccc2)CCN(Cc2cc3ncccc3o2)CC1. The number of hydrogen-bond acceptors (Lipinski definition) is 4. The maximum Gasteiger partial charge on any atom is 0.314 e. The molecule has 0 bridgehead atoms. The molecule has 0 spiro atoms. The van der Waals surface area contributed by atoms with Gasteiger partial charge in [0, 0.05) is 25.4 Å². The highest BCUT2D eigenvalue weighted by molar-refractivity contribution is 5.81. The highest BCUT2D eigenvalue weighted by Gasteiger charge is 2.43. The summed E-state index contributed by atoms with van der Waals surface area (Å²) in [7, 11) is 0. The summed E-state index contributed by atoms with van der Waals surface area (Å²) in [5, 5.41) is 9.87. The van der Waals surface area contributed by atoms with Crippen molar-refractivity contribution in [1.82, 2.24) is 9.88 Å². The van der Waals surface area contributed by atoms with Crippen LogP contribution < -0.4 is 0 Å². The summed E-state index contributed by atoms with van der Waals surface area (Å²) in [6.07, 6.45) is 2.96. The van der Waals surface area contributed by atoms with Crippen molar-refractivity contribution in [2.75, 3.05) is 13.1 Å². The van der Waals surface area contributed by atoms with Gasteiger partial charge in [-0.25, -0.2) is 0 Å². The summed E-state index contributed by atoms with van der Waals surface area (Å²) < 4.78 is 5.83. The van der Waals surface area contributed by atoms with Crippen LogP contribution in [0.2, 0.25) is 0 Å². The number of carboxylic acids is 1. The number of hydrogen-bond donors (Lipinski definition) is 1. The first kappa shape index (κ1) is 15.8. The first-order valence-corrected chi connectivity index (χ1v) is 8.52. The Morgan fingerprint density at radius 2 is 1.92 bits per heavy atom. The van der Waals surface area contributed by atoms with Crippen LogP contribution in [0.5, 0.6) is 0 Å². The molecule has 3 aromatic rings. The summed E-state index contributed by atoms with van der Waals surface area (Å²) in [6.45, 7) is 2.14. The van der Waals surface area contributed by atoms with E-state index in [1.807, 2.05) is 48.5 Å². The maximum absolute atomic E-state index is 12.0. The Hall–Kier alpha value is -2.66. The van der Waals surface area contributed by atoms with E-state index in [2.05, 4.69) is 9.88 Å². The number of aliphatic carboxylic acids is 1. The van der Waals surface area contributed by atoms with E-state index in [0.717, 1.165) is 35.5 Å². The summed E-state index contributed by atoms with van der Waals surface area (Å²) in [6, 6.07) is 15.3. The number of benzene rings is 1. The fraction of sp³-hybridized carbons (Fsp3) is 0.300. The fourth-order valence-corrected chi connectivity index (χ4v) is 3.70. The van der Waals surface area contributed by atoms with Gasteiger partial charge in [0.1, 0.15) is 11.3 Å². The third kappa shape index (κ3) is 2.91. The van der Waals surface area contributed by atoms with Crippen LogP contribution in [-0.4, -0.2) is 34.0 Å². The average Bonchev–Trinajstić information content (AvgIpc) is 3.05. The molecular weight excluding hydrogens is 316 g/mol. The Labute approximate surface area is 145 Å². The summed E-state index contributed by atoms with van der Waals surface area (Å²) in [5.41, 5.74) is 1.76. The molecular formula is C20H20N2O3. The molecule has 1 N–H and O–H groups in total. The van der Waals surface area contributed by atoms with E-state index < -0.39 is 11.4 Å². The van der Waals surface area contributed by atoms with Gasteiger partial charge < -0.3 is 9.52 Å². The first-order valence-electron chi connectivity index (χ1n) is 8.52. The molecule has 0 aliphatic carbocycles. The average molecular weight is 336 g/mol. The molecule has 128 valence electrons. The predicted octanol–water partition coefficient (Wildman–Crippen LogP) is 3.45. The number of likely N-dealkylation sites (tertiary alicyclic amines) is 1. The van der Waals surface area contributed by atoms with Gasteiger partial charge in [-0.05, 0) is 30.5 Å². The molecule has 3 heterocycles. The monoisotopic (exact) mass is 336 g/mol. The Morgan fingerprint density at radius 3 is 2.60 bits per heavy atom. The van der Waals surface area contributed by atoms with E-state index in [9.17, 15) is 9.90 Å². The van der Waals surface area contributed by atoms with Gasteiger partial charge in [0.05, 0.1) is 12.0 Å². The third-order valence-electron chi connectivity index (χ3n) is 5.16. The number of pyridine rings is 1. The van der Waals surface area contributed by atoms with E-state index in [1.165, 1.54) is 0 Å². The second kappa shape index (κ2) is 6.33. The van der Waals surface area contributed by atoms with Gasteiger partial charge in [0.25, 0.3) is 0 Å². The lowest BCUT2D eigenvalue weighted by molar-refractivity contribution is -0.146. The predicted molar refractivity (Wildman–Crippen MR) is 94.3 cm³/mol. The van der Waals surface area contributed by atoms with Crippen molar-refractivity contribution in [2.45, 2.75) is 24.8 Å². The van der Waals surface area contributed by atoms with Gasteiger partial charge >= 0.3 is 5.97 Å². The molecule has 0 amide bonds. The Bertz CT molecular complexity index is 847. The Balaban J connectivity index is 1.49. The molecule has 0 saturated carbocycles. The number of rotatable bonds is 4. The molecule has 2 aromatic heterocycles. The van der Waals surface area contributed by atoms with Crippen molar-refractivity contribution in [1.29, 1.82) is 0 Å². The highest BCUT2D eigenvalue weighted by atomic mass is 16.4. The first-order chi connectivity index (χ1) is 12.2. The van der Waals surface area contributed by atoms with Crippen LogP contribution in [0.1, 0.15) is 24.2 Å². The van der Waals surface area contributed by atoms with Crippen LogP contribution in [-0.2, 0) is 16.8 Å². The van der Waals surface area contributed by atoms with Crippen LogP contribution in [0.15, 0.2) is 59.1 Å². The molecule has 1 saturated heterocycles. The van der Waals surface area contributed by atoms with Crippen molar-refractivity contribution < 1.29 is 14.3 Å². The zero-order valence-corrected chi connectivity index (χ0v) is 13.9. The van der Waals surface area contributed by atoms with Gasteiger partial charge in [-0.15, -0.1) is 0 Å². The molecule has 4 rings (SSSR count). The molecule has 0 radical (unpaired) electrons. The van der Waals surface area contributed by atoms with Crippen LogP contribution in [0.25, 0.3) is 11.1 Å². The Kier molecular flexibility index (Phi) is 4.01. The van der Waals surface area contributed by atoms with Crippen molar-refractivity contribution >= 4 is 17.1 Å². The number of aromatic nitrogens is 1. The van der Waals surface area contributed by atoms with Gasteiger partial charge in [-0.3, -0.25) is 14.7 Å². The maximum atomic E-state index is 12.0. The molecule has 0 unspecified atom stereocenters. The lowest BCUT2D eigenvalue weighted by Gasteiger charge is -2.38. The van der Waals surface area contributed by atoms with Gasteiger partial charge in [0.2, 0.25) is 0 Å². The minimum absolute atomic E-state index is 0.602. The second-order valence-corrected chi connectivity index (χ2v) is 6.63. The zero-order valence-electron chi connectivity index (χ0n) is 13.9. The smallest absolute Gasteiger partial charge is 0.314 e. The standard InChI is InChI=1S/C20H20N2O3/c23-19(24)20(15-5-2-1-3-6-15)8-11-22(12-9-20)14-16-13-17-18(25-16)7-4-10-21-17/h1-7,10,13H,8-9,11-12,14H2,(H,23,24). The number of furan rings is 1. The highest BCUT2D eigenvalue weighted by Crippen LogP contribution is 2.36. The second-order valence-electron chi connectivity index (χ2n) is 6.63. The van der Waals surface area contributed by atoms with Crippen LogP contribution >= 0.6 is 0 Å². The molecule has 1 aliphatic heterocycles. The van der Waals surface area contributed by atoms with Crippen molar-refractivity contribution in [2.24, 2.45) is 0 Å². The number of fused-ring (bicyclic) bond motifs is 1. The van der Waals surface area contributed by atoms with E-state index in [0.29, 0.717) is 19.4 Å². The minimum atomic E-state index is -0.785. The zero-order chi connectivity index (χ0) is 17.3. The van der Waals surface area contributed by atoms with Crippen LogP contribution in [0.4, 0.5) is 0 Å². The topological polar surface area (TPSA) is 66.6 Å². The van der Waals surface area contributed by atoms with Crippen LogP contribution in [0, 0.1) is 0 Å². The molecule has 5 nitrogen and oxygen atoms in total. The minimum Gasteiger partial charge on any atom is -0.481 e. The van der Waals surface area contributed by atoms with Crippen molar-refractivity contribution in [3.63, 3.8) is 0 Å². The molecule has 1 aromatic carbocycles. The van der Waals surface area contributed by atoms with E-state index in [1.54, 1.807) is 6.20 Å². The number of carboxylic acid groups (broad SMARTS) is 1. The van der Waals surface area contributed by atoms with Crippen molar-refractivity contribution in [3.05, 3.63) is 66.1 Å². The molecule has 0 atom stereocenters. The summed E-state index contributed by atoms with van der Waals surface area (Å²) in [4.78, 5) is 18.6. The summed E-state index contributed by atoms with van der Waals surface area (Å²) >= 11 is 0. The largest absolute Gasteiger partial charge is 0.481 e. The van der Waals surface area contributed by atoms with E-state index in [-0.39, 0.29) is 0 Å². The Morgan fingerprint density at radius 1 is 1.16 bits per heavy atom. The lowest BCUT2D eigenvalue weighted by Crippen LogP contribution is -2.47. The quantitative estimate of drug-likeness (QED) is 0.790. The van der Waals surface area contributed by atoms with E-state index in [4.69, 9.17) is 4.42 Å². The lowest BCUT2D eigenvalue weighted by atomic mass is 9.73. The normalized spacial score (nSPS) is 17.6. The van der Waals surface area contributed by atoms with Gasteiger partial charge in [-0.1, -0.05) is 30.3 Å². The molecule has 5 heteroatoms.